The molecule has 2 aromatic heterocycles. The average molecular weight is 771 g/mol. The summed E-state index contributed by atoms with van der Waals surface area (Å²) in [5.74, 6) is 0.762. The number of carbonyl (C=O) groups is 2. The average Bonchev–Trinajstić information content (AvgIpc) is 4.04. The summed E-state index contributed by atoms with van der Waals surface area (Å²) >= 11 is 6.15. The van der Waals surface area contributed by atoms with Crippen LogP contribution in [-0.4, -0.2) is 65.4 Å². The number of nitriles is 2. The number of fused-ring (bicyclic) bond motifs is 2. The first kappa shape index (κ1) is 37.2. The van der Waals surface area contributed by atoms with E-state index in [1.807, 2.05) is 54.6 Å². The molecule has 0 N–H and O–H groups in total. The maximum Gasteiger partial charge on any atom is 0.252 e. The van der Waals surface area contributed by atoms with Gasteiger partial charge in [-0.25, -0.2) is 23.7 Å². The van der Waals surface area contributed by atoms with Crippen molar-refractivity contribution < 1.29 is 23.5 Å². The number of amides is 2. The van der Waals surface area contributed by atoms with Gasteiger partial charge in [0.15, 0.2) is 0 Å². The zero-order valence-electron chi connectivity index (χ0n) is 30.2. The van der Waals surface area contributed by atoms with Crippen LogP contribution in [-0.2, 0) is 48.9 Å². The molecule has 14 nitrogen and oxygen atoms in total. The quantitative estimate of drug-likeness (QED) is 0.192. The van der Waals surface area contributed by atoms with E-state index in [1.54, 1.807) is 29.0 Å². The Balaban J connectivity index is 0.000000172. The highest BCUT2D eigenvalue weighted by Crippen LogP contribution is 2.36. The Morgan fingerprint density at radius 1 is 0.679 bits per heavy atom. The number of methoxy groups -OCH3 is 2. The van der Waals surface area contributed by atoms with Gasteiger partial charge in [0.1, 0.15) is 55.2 Å². The molecule has 8 rings (SSSR count). The number of nitrogens with zero attached hydrogens (tertiary/aromatic N) is 10. The SMILES string of the molecule is COc1cc(F)ccc1-c1ccc2c(c1)CN(C(=O)Cn1cnc(C#N)n1)C2.COc1ccc(Cl)cc1-c1ccc2c(c1)CN(C(=O)Cn1cnc(C#N)n1)C2. The fraction of sp³-hybridized carbons (Fsp3) is 0.200. The number of carbonyl (C=O) groups excluding carboxylic acids is 2. The minimum Gasteiger partial charge on any atom is -0.496 e. The third-order valence-electron chi connectivity index (χ3n) is 9.38. The molecule has 16 heteroatoms. The Kier molecular flexibility index (Phi) is 10.7. The van der Waals surface area contributed by atoms with Crippen molar-refractivity contribution in [2.45, 2.75) is 39.3 Å². The predicted molar refractivity (Wildman–Crippen MR) is 200 cm³/mol. The number of hydrogen-bond donors (Lipinski definition) is 0. The topological polar surface area (TPSA) is 168 Å². The van der Waals surface area contributed by atoms with Gasteiger partial charge in [0, 0.05) is 48.4 Å². The van der Waals surface area contributed by atoms with Gasteiger partial charge in [0.2, 0.25) is 11.8 Å². The van der Waals surface area contributed by atoms with E-state index in [2.05, 4.69) is 26.2 Å². The third-order valence-corrected chi connectivity index (χ3v) is 9.61. The summed E-state index contributed by atoms with van der Waals surface area (Å²) in [4.78, 5) is 36.3. The zero-order valence-corrected chi connectivity index (χ0v) is 30.9. The van der Waals surface area contributed by atoms with Crippen LogP contribution in [0.2, 0.25) is 5.02 Å². The molecule has 2 aliphatic rings. The van der Waals surface area contributed by atoms with E-state index < -0.39 is 0 Å². The minimum atomic E-state index is -0.355. The molecule has 0 saturated heterocycles. The fourth-order valence-corrected chi connectivity index (χ4v) is 6.78. The summed E-state index contributed by atoms with van der Waals surface area (Å²) in [6.45, 7) is 2.13. The zero-order chi connectivity index (χ0) is 39.3. The molecule has 0 bridgehead atoms. The van der Waals surface area contributed by atoms with Crippen molar-refractivity contribution in [3.05, 3.63) is 130 Å². The van der Waals surface area contributed by atoms with Crippen LogP contribution in [0.5, 0.6) is 11.5 Å². The number of hydrogen-bond acceptors (Lipinski definition) is 10. The summed E-state index contributed by atoms with van der Waals surface area (Å²) in [5.41, 5.74) is 7.89. The van der Waals surface area contributed by atoms with E-state index in [4.69, 9.17) is 31.6 Å². The maximum atomic E-state index is 13.5. The number of benzene rings is 4. The molecule has 280 valence electrons. The molecule has 0 saturated carbocycles. The Bertz CT molecular complexity index is 2560. The van der Waals surface area contributed by atoms with Gasteiger partial charge in [0.05, 0.1) is 14.2 Å². The van der Waals surface area contributed by atoms with Crippen molar-refractivity contribution in [2.24, 2.45) is 0 Å². The molecule has 0 unspecified atom stereocenters. The molecule has 2 aliphatic heterocycles. The van der Waals surface area contributed by atoms with Crippen molar-refractivity contribution in [1.82, 2.24) is 39.3 Å². The van der Waals surface area contributed by atoms with Gasteiger partial charge in [0.25, 0.3) is 11.6 Å². The van der Waals surface area contributed by atoms with E-state index in [1.165, 1.54) is 41.3 Å². The van der Waals surface area contributed by atoms with Crippen LogP contribution in [0.15, 0.2) is 85.5 Å². The van der Waals surface area contributed by atoms with E-state index in [9.17, 15) is 14.0 Å². The van der Waals surface area contributed by atoms with Gasteiger partial charge in [-0.2, -0.15) is 10.5 Å². The number of ether oxygens (including phenoxy) is 2. The standard InChI is InChI=1S/C20H16ClN5O2.C20H16FN5O2/c1-28-18-5-4-16(21)7-17(18)13-2-3-14-9-25(10-15(14)6-13)20(27)11-26-12-23-19(8-22)24-26;1-28-18-7-16(21)4-5-17(18)13-2-3-14-9-25(10-15(14)6-13)20(27)11-26-12-23-19(8-22)24-26/h2*2-7,12H,9-11H2,1H3. The smallest absolute Gasteiger partial charge is 0.252 e. The van der Waals surface area contributed by atoms with Crippen molar-refractivity contribution in [1.29, 1.82) is 10.5 Å². The first-order valence-electron chi connectivity index (χ1n) is 17.2. The van der Waals surface area contributed by atoms with Crippen LogP contribution in [0.3, 0.4) is 0 Å². The van der Waals surface area contributed by atoms with Crippen LogP contribution in [0.4, 0.5) is 4.39 Å². The summed E-state index contributed by atoms with van der Waals surface area (Å²) < 4.78 is 26.9. The highest BCUT2D eigenvalue weighted by molar-refractivity contribution is 6.31. The Morgan fingerprint density at radius 3 is 1.70 bits per heavy atom. The van der Waals surface area contributed by atoms with Gasteiger partial charge in [-0.3, -0.25) is 9.59 Å². The van der Waals surface area contributed by atoms with Gasteiger partial charge < -0.3 is 19.3 Å². The summed E-state index contributed by atoms with van der Waals surface area (Å²) in [5, 5.41) is 26.1. The number of aromatic nitrogens is 6. The first-order valence-corrected chi connectivity index (χ1v) is 17.6. The maximum absolute atomic E-state index is 13.5. The molecule has 0 spiro atoms. The van der Waals surface area contributed by atoms with E-state index >= 15 is 0 Å². The molecule has 4 aromatic carbocycles. The molecule has 0 fully saturated rings. The second kappa shape index (κ2) is 16.1. The third kappa shape index (κ3) is 8.03. The molecule has 0 radical (unpaired) electrons. The van der Waals surface area contributed by atoms with Gasteiger partial charge >= 0.3 is 0 Å². The Labute approximate surface area is 325 Å². The predicted octanol–water partition coefficient (Wildman–Crippen LogP) is 5.53. The van der Waals surface area contributed by atoms with Crippen LogP contribution < -0.4 is 9.47 Å². The highest BCUT2D eigenvalue weighted by Gasteiger charge is 2.26. The van der Waals surface area contributed by atoms with Crippen LogP contribution in [0.25, 0.3) is 22.3 Å². The monoisotopic (exact) mass is 770 g/mol. The second-order valence-electron chi connectivity index (χ2n) is 12.9. The van der Waals surface area contributed by atoms with E-state index in [-0.39, 0.29) is 42.4 Å². The molecule has 2 amide bonds. The van der Waals surface area contributed by atoms with Gasteiger partial charge in [-0.1, -0.05) is 35.9 Å². The van der Waals surface area contributed by atoms with Gasteiger partial charge in [-0.15, -0.1) is 10.2 Å². The van der Waals surface area contributed by atoms with Crippen molar-refractivity contribution in [2.75, 3.05) is 14.2 Å². The normalized spacial score (nSPS) is 12.5. The Hall–Kier alpha value is -7.10. The van der Waals surface area contributed by atoms with Gasteiger partial charge in [-0.05, 0) is 75.8 Å². The molecule has 4 heterocycles. The molecule has 0 atom stereocenters. The van der Waals surface area contributed by atoms with E-state index in [0.717, 1.165) is 50.3 Å². The second-order valence-corrected chi connectivity index (χ2v) is 13.3. The first-order chi connectivity index (χ1) is 27.1. The molecular weight excluding hydrogens is 739 g/mol. The van der Waals surface area contributed by atoms with Crippen LogP contribution in [0.1, 0.15) is 33.9 Å². The fourth-order valence-electron chi connectivity index (χ4n) is 6.61. The lowest BCUT2D eigenvalue weighted by atomic mass is 10.00. The summed E-state index contributed by atoms with van der Waals surface area (Å²) in [6.07, 6.45) is 2.77. The van der Waals surface area contributed by atoms with E-state index in [0.29, 0.717) is 37.0 Å². The number of halogens is 2. The van der Waals surface area contributed by atoms with Crippen molar-refractivity contribution in [3.63, 3.8) is 0 Å². The van der Waals surface area contributed by atoms with Crippen LogP contribution >= 0.6 is 11.6 Å². The minimum absolute atomic E-state index is 0.0291. The lowest BCUT2D eigenvalue weighted by molar-refractivity contribution is -0.133. The summed E-state index contributed by atoms with van der Waals surface area (Å²) in [6, 6.07) is 25.7. The Morgan fingerprint density at radius 2 is 1.20 bits per heavy atom. The molecule has 56 heavy (non-hydrogen) atoms. The summed E-state index contributed by atoms with van der Waals surface area (Å²) in [7, 11) is 3.14. The molecular formula is C40H32ClFN10O4. The number of rotatable bonds is 8. The van der Waals surface area contributed by atoms with Crippen LogP contribution in [0, 0.1) is 28.5 Å². The molecule has 0 aliphatic carbocycles. The van der Waals surface area contributed by atoms with Crippen molar-refractivity contribution >= 4 is 23.4 Å². The highest BCUT2D eigenvalue weighted by atomic mass is 35.5. The molecule has 6 aromatic rings. The lowest BCUT2D eigenvalue weighted by Crippen LogP contribution is -2.29. The lowest BCUT2D eigenvalue weighted by Gasteiger charge is -2.14. The largest absolute Gasteiger partial charge is 0.496 e. The van der Waals surface area contributed by atoms with Crippen molar-refractivity contribution in [3.8, 4) is 45.9 Å².